The lowest BCUT2D eigenvalue weighted by Crippen LogP contribution is -2.16. The number of nitrogens with zero attached hydrogens (tertiary/aromatic N) is 2. The number of rotatable bonds is 10. The SMILES string of the molecule is C=CCOc1c(Cl)cc(/C=N/NC(=O)c2ccc(COc3ccc(-n4c(C)ccc4C)cc3)o2)cc1Cl. The van der Waals surface area contributed by atoms with Gasteiger partial charge in [-0.1, -0.05) is 35.9 Å². The Bertz CT molecular complexity index is 1400. The molecule has 0 aliphatic heterocycles. The minimum absolute atomic E-state index is 0.105. The maximum absolute atomic E-state index is 12.4. The Hall–Kier alpha value is -3.94. The van der Waals surface area contributed by atoms with Crippen molar-refractivity contribution >= 4 is 35.3 Å². The third-order valence-corrected chi connectivity index (χ3v) is 5.94. The fourth-order valence-corrected chi connectivity index (χ4v) is 4.27. The van der Waals surface area contributed by atoms with Crippen molar-refractivity contribution < 1.29 is 18.7 Å². The molecule has 0 aliphatic rings. The summed E-state index contributed by atoms with van der Waals surface area (Å²) >= 11 is 12.4. The smallest absolute Gasteiger partial charge is 0.307 e. The second-order valence-electron chi connectivity index (χ2n) is 8.11. The molecule has 4 rings (SSSR count). The van der Waals surface area contributed by atoms with Gasteiger partial charge in [-0.25, -0.2) is 5.43 Å². The first-order valence-electron chi connectivity index (χ1n) is 11.4. The number of benzene rings is 2. The van der Waals surface area contributed by atoms with Gasteiger partial charge in [0.25, 0.3) is 0 Å². The monoisotopic (exact) mass is 537 g/mol. The van der Waals surface area contributed by atoms with Crippen LogP contribution in [0.3, 0.4) is 0 Å². The van der Waals surface area contributed by atoms with Crippen LogP contribution in [-0.4, -0.2) is 23.3 Å². The molecule has 0 saturated carbocycles. The van der Waals surface area contributed by atoms with Crippen LogP contribution in [0.15, 0.2) is 82.8 Å². The average molecular weight is 538 g/mol. The Morgan fingerprint density at radius 2 is 1.70 bits per heavy atom. The lowest BCUT2D eigenvalue weighted by Gasteiger charge is -2.10. The van der Waals surface area contributed by atoms with Crippen LogP contribution in [0.1, 0.15) is 33.3 Å². The van der Waals surface area contributed by atoms with E-state index >= 15 is 0 Å². The fraction of sp³-hybridized carbons (Fsp3) is 0.143. The number of nitrogens with one attached hydrogen (secondary N) is 1. The first-order valence-corrected chi connectivity index (χ1v) is 12.1. The molecule has 0 aliphatic carbocycles. The van der Waals surface area contributed by atoms with E-state index in [0.717, 1.165) is 17.1 Å². The third kappa shape index (κ3) is 6.44. The Morgan fingerprint density at radius 1 is 1.03 bits per heavy atom. The Balaban J connectivity index is 1.31. The van der Waals surface area contributed by atoms with Gasteiger partial charge in [0.2, 0.25) is 0 Å². The number of carbonyl (C=O) groups excluding carboxylic acids is 1. The van der Waals surface area contributed by atoms with Gasteiger partial charge in [-0.15, -0.1) is 0 Å². The molecule has 2 aromatic heterocycles. The minimum Gasteiger partial charge on any atom is -0.486 e. The largest absolute Gasteiger partial charge is 0.486 e. The van der Waals surface area contributed by atoms with Crippen molar-refractivity contribution in [2.45, 2.75) is 20.5 Å². The van der Waals surface area contributed by atoms with E-state index in [1.165, 1.54) is 6.21 Å². The van der Waals surface area contributed by atoms with E-state index in [1.807, 2.05) is 24.3 Å². The van der Waals surface area contributed by atoms with Crippen molar-refractivity contribution in [3.05, 3.63) is 112 Å². The van der Waals surface area contributed by atoms with Crippen molar-refractivity contribution in [1.29, 1.82) is 0 Å². The predicted octanol–water partition coefficient (Wildman–Crippen LogP) is 6.90. The molecule has 4 aromatic rings. The lowest BCUT2D eigenvalue weighted by molar-refractivity contribution is 0.0923. The van der Waals surface area contributed by atoms with Crippen LogP contribution in [0, 0.1) is 13.8 Å². The first-order chi connectivity index (χ1) is 17.9. The Labute approximate surface area is 224 Å². The number of aryl methyl sites for hydroxylation is 2. The molecule has 37 heavy (non-hydrogen) atoms. The molecule has 0 bridgehead atoms. The summed E-state index contributed by atoms with van der Waals surface area (Å²) in [6.45, 7) is 8.17. The molecule has 2 aromatic carbocycles. The highest BCUT2D eigenvalue weighted by Crippen LogP contribution is 2.33. The number of aromatic nitrogens is 1. The Kier molecular flexibility index (Phi) is 8.38. The summed E-state index contributed by atoms with van der Waals surface area (Å²) in [4.78, 5) is 12.4. The predicted molar refractivity (Wildman–Crippen MR) is 145 cm³/mol. The van der Waals surface area contributed by atoms with Crippen LogP contribution >= 0.6 is 23.2 Å². The van der Waals surface area contributed by atoms with Gasteiger partial charge in [0, 0.05) is 17.1 Å². The van der Waals surface area contributed by atoms with E-state index in [4.69, 9.17) is 37.1 Å². The van der Waals surface area contributed by atoms with E-state index < -0.39 is 5.91 Å². The van der Waals surface area contributed by atoms with Crippen LogP contribution in [0.2, 0.25) is 10.0 Å². The van der Waals surface area contributed by atoms with E-state index in [2.05, 4.69) is 47.7 Å². The molecule has 9 heteroatoms. The molecule has 0 fully saturated rings. The topological polar surface area (TPSA) is 78.0 Å². The van der Waals surface area contributed by atoms with Crippen molar-refractivity contribution in [2.75, 3.05) is 6.61 Å². The number of hydrazone groups is 1. The van der Waals surface area contributed by atoms with E-state index in [1.54, 1.807) is 30.3 Å². The molecular weight excluding hydrogens is 513 g/mol. The fourth-order valence-electron chi connectivity index (χ4n) is 3.65. The average Bonchev–Trinajstić information content (AvgIpc) is 3.49. The first kappa shape index (κ1) is 26.1. The van der Waals surface area contributed by atoms with E-state index in [9.17, 15) is 4.79 Å². The van der Waals surface area contributed by atoms with Crippen molar-refractivity contribution in [3.63, 3.8) is 0 Å². The molecule has 1 N–H and O–H groups in total. The molecule has 0 unspecified atom stereocenters. The molecule has 0 atom stereocenters. The van der Waals surface area contributed by atoms with Crippen LogP contribution in [-0.2, 0) is 6.61 Å². The van der Waals surface area contributed by atoms with Gasteiger partial charge < -0.3 is 18.5 Å². The van der Waals surface area contributed by atoms with Crippen LogP contribution in [0.25, 0.3) is 5.69 Å². The molecule has 7 nitrogen and oxygen atoms in total. The molecule has 0 radical (unpaired) electrons. The Morgan fingerprint density at radius 3 is 2.35 bits per heavy atom. The maximum atomic E-state index is 12.4. The quantitative estimate of drug-likeness (QED) is 0.135. The zero-order valence-corrected chi connectivity index (χ0v) is 21.8. The second kappa shape index (κ2) is 11.9. The third-order valence-electron chi connectivity index (χ3n) is 5.38. The zero-order valence-electron chi connectivity index (χ0n) is 20.3. The van der Waals surface area contributed by atoms with Gasteiger partial charge in [-0.2, -0.15) is 5.10 Å². The summed E-state index contributed by atoms with van der Waals surface area (Å²) in [6, 6.07) is 18.4. The molecule has 190 valence electrons. The summed E-state index contributed by atoms with van der Waals surface area (Å²) in [5, 5.41) is 4.59. The van der Waals surface area contributed by atoms with Crippen LogP contribution in [0.5, 0.6) is 11.5 Å². The van der Waals surface area contributed by atoms with Crippen molar-refractivity contribution in [2.24, 2.45) is 5.10 Å². The number of ether oxygens (including phenoxy) is 2. The highest BCUT2D eigenvalue weighted by molar-refractivity contribution is 6.37. The molecule has 2 heterocycles. The van der Waals surface area contributed by atoms with Gasteiger partial charge in [0.15, 0.2) is 11.5 Å². The second-order valence-corrected chi connectivity index (χ2v) is 8.93. The van der Waals surface area contributed by atoms with E-state index in [0.29, 0.717) is 32.9 Å². The molecular formula is C28H25Cl2N3O4. The van der Waals surface area contributed by atoms with E-state index in [-0.39, 0.29) is 19.0 Å². The maximum Gasteiger partial charge on any atom is 0.307 e. The number of furan rings is 1. The number of hydrogen-bond acceptors (Lipinski definition) is 5. The van der Waals surface area contributed by atoms with Gasteiger partial charge in [0.1, 0.15) is 24.7 Å². The lowest BCUT2D eigenvalue weighted by atomic mass is 10.2. The minimum atomic E-state index is -0.507. The number of carbonyl (C=O) groups is 1. The van der Waals surface area contributed by atoms with Crippen molar-refractivity contribution in [3.8, 4) is 17.2 Å². The zero-order chi connectivity index (χ0) is 26.4. The molecule has 0 spiro atoms. The van der Waals surface area contributed by atoms with Gasteiger partial charge in [-0.3, -0.25) is 4.79 Å². The van der Waals surface area contributed by atoms with Crippen LogP contribution < -0.4 is 14.9 Å². The summed E-state index contributed by atoms with van der Waals surface area (Å²) in [7, 11) is 0. The number of amides is 1. The summed E-state index contributed by atoms with van der Waals surface area (Å²) in [6.07, 6.45) is 3.01. The molecule has 1 amide bonds. The highest BCUT2D eigenvalue weighted by Gasteiger charge is 2.12. The van der Waals surface area contributed by atoms with Gasteiger partial charge in [-0.05, 0) is 80.1 Å². The number of hydrogen-bond donors (Lipinski definition) is 1. The van der Waals surface area contributed by atoms with Crippen LogP contribution in [0.4, 0.5) is 0 Å². The van der Waals surface area contributed by atoms with Gasteiger partial charge >= 0.3 is 5.91 Å². The summed E-state index contributed by atoms with van der Waals surface area (Å²) in [5.41, 5.74) is 6.39. The van der Waals surface area contributed by atoms with Crippen molar-refractivity contribution in [1.82, 2.24) is 9.99 Å². The highest BCUT2D eigenvalue weighted by atomic mass is 35.5. The molecule has 0 saturated heterocycles. The summed E-state index contributed by atoms with van der Waals surface area (Å²) < 4.78 is 19.0. The number of halogens is 2. The van der Waals surface area contributed by atoms with Gasteiger partial charge in [0.05, 0.1) is 16.3 Å². The standard InChI is InChI=1S/C28H25Cl2N3O4/c1-4-13-35-27-24(29)14-20(15-25(27)30)16-31-32-28(34)26-12-11-23(37-26)17-36-22-9-7-21(8-10-22)33-18(2)5-6-19(33)3/h4-12,14-16H,1,13,17H2,2-3H3,(H,32,34)/b31-16+. The normalized spacial score (nSPS) is 11.0. The summed E-state index contributed by atoms with van der Waals surface area (Å²) in [5.74, 6) is 1.15.